The van der Waals surface area contributed by atoms with E-state index >= 15 is 0 Å². The molecule has 1 aromatic carbocycles. The molecule has 8 heteroatoms. The van der Waals surface area contributed by atoms with E-state index in [4.69, 9.17) is 4.42 Å². The SMILES string of the molecule is CCc1ccc([C@@H](C(=O)NC2CCCC2)N(Cc2cccs2)C(=O)CNC(=O)c2ccco2)cc1. The first-order valence-electron chi connectivity index (χ1n) is 12.1. The first-order chi connectivity index (χ1) is 17.0. The lowest BCUT2D eigenvalue weighted by atomic mass is 10.0. The third-order valence-corrected chi connectivity index (χ3v) is 7.20. The van der Waals surface area contributed by atoms with Crippen molar-refractivity contribution in [3.05, 3.63) is 81.9 Å². The van der Waals surface area contributed by atoms with Crippen LogP contribution in [0.4, 0.5) is 0 Å². The second-order valence-electron chi connectivity index (χ2n) is 8.75. The van der Waals surface area contributed by atoms with Gasteiger partial charge in [0, 0.05) is 10.9 Å². The highest BCUT2D eigenvalue weighted by Crippen LogP contribution is 2.27. The number of carbonyl (C=O) groups is 3. The van der Waals surface area contributed by atoms with Gasteiger partial charge in [-0.05, 0) is 54.0 Å². The number of thiophene rings is 1. The van der Waals surface area contributed by atoms with Crippen LogP contribution in [0.5, 0.6) is 0 Å². The molecule has 2 heterocycles. The Morgan fingerprint density at radius 2 is 1.86 bits per heavy atom. The van der Waals surface area contributed by atoms with Gasteiger partial charge in [0.05, 0.1) is 19.4 Å². The molecule has 0 aliphatic heterocycles. The van der Waals surface area contributed by atoms with Crippen molar-refractivity contribution < 1.29 is 18.8 Å². The van der Waals surface area contributed by atoms with Crippen LogP contribution in [0, 0.1) is 0 Å². The Hall–Kier alpha value is -3.39. The number of rotatable bonds is 10. The van der Waals surface area contributed by atoms with E-state index in [2.05, 4.69) is 17.6 Å². The fraction of sp³-hybridized carbons (Fsp3) is 0.370. The molecule has 0 unspecified atom stereocenters. The Kier molecular flexibility index (Phi) is 8.36. The van der Waals surface area contributed by atoms with E-state index in [0.717, 1.165) is 48.1 Å². The summed E-state index contributed by atoms with van der Waals surface area (Å²) in [6.07, 6.45) is 6.38. The largest absolute Gasteiger partial charge is 0.459 e. The molecule has 7 nitrogen and oxygen atoms in total. The fourth-order valence-corrected chi connectivity index (χ4v) is 5.11. The van der Waals surface area contributed by atoms with Crippen LogP contribution in [0.2, 0.25) is 0 Å². The molecule has 184 valence electrons. The van der Waals surface area contributed by atoms with E-state index in [-0.39, 0.29) is 36.7 Å². The summed E-state index contributed by atoms with van der Waals surface area (Å²) >= 11 is 1.53. The number of aryl methyl sites for hydroxylation is 1. The van der Waals surface area contributed by atoms with Crippen molar-refractivity contribution in [3.63, 3.8) is 0 Å². The number of amides is 3. The summed E-state index contributed by atoms with van der Waals surface area (Å²) in [5.74, 6) is -0.875. The Bertz CT molecular complexity index is 1100. The van der Waals surface area contributed by atoms with Crippen LogP contribution in [0.25, 0.3) is 0 Å². The third-order valence-electron chi connectivity index (χ3n) is 6.34. The van der Waals surface area contributed by atoms with E-state index in [1.807, 2.05) is 41.8 Å². The molecule has 2 N–H and O–H groups in total. The van der Waals surface area contributed by atoms with E-state index in [1.54, 1.807) is 11.0 Å². The van der Waals surface area contributed by atoms with Crippen molar-refractivity contribution in [2.45, 2.75) is 57.7 Å². The summed E-state index contributed by atoms with van der Waals surface area (Å²) < 4.78 is 5.13. The predicted octanol–water partition coefficient (Wildman–Crippen LogP) is 4.46. The summed E-state index contributed by atoms with van der Waals surface area (Å²) in [6, 6.07) is 14.2. The zero-order chi connectivity index (χ0) is 24.6. The van der Waals surface area contributed by atoms with Gasteiger partial charge in [0.1, 0.15) is 6.04 Å². The van der Waals surface area contributed by atoms with Gasteiger partial charge in [-0.1, -0.05) is 50.1 Å². The zero-order valence-corrected chi connectivity index (χ0v) is 20.7. The van der Waals surface area contributed by atoms with Crippen molar-refractivity contribution in [1.82, 2.24) is 15.5 Å². The van der Waals surface area contributed by atoms with Gasteiger partial charge >= 0.3 is 0 Å². The molecule has 1 fully saturated rings. The lowest BCUT2D eigenvalue weighted by molar-refractivity contribution is -0.141. The molecule has 2 aromatic heterocycles. The summed E-state index contributed by atoms with van der Waals surface area (Å²) in [4.78, 5) is 42.1. The second kappa shape index (κ2) is 11.8. The van der Waals surface area contributed by atoms with Crippen LogP contribution in [0.3, 0.4) is 0 Å². The van der Waals surface area contributed by atoms with Crippen molar-refractivity contribution in [3.8, 4) is 0 Å². The molecule has 3 aromatic rings. The minimum absolute atomic E-state index is 0.122. The lowest BCUT2D eigenvalue weighted by Crippen LogP contribution is -2.48. The van der Waals surface area contributed by atoms with Gasteiger partial charge in [0.2, 0.25) is 11.8 Å². The quantitative estimate of drug-likeness (QED) is 0.436. The van der Waals surface area contributed by atoms with Crippen molar-refractivity contribution in [2.75, 3.05) is 6.54 Å². The maximum atomic E-state index is 13.6. The Morgan fingerprint density at radius 1 is 1.09 bits per heavy atom. The topological polar surface area (TPSA) is 91.7 Å². The Morgan fingerprint density at radius 3 is 2.49 bits per heavy atom. The van der Waals surface area contributed by atoms with Gasteiger partial charge in [0.15, 0.2) is 5.76 Å². The van der Waals surface area contributed by atoms with Gasteiger partial charge in [-0.25, -0.2) is 0 Å². The molecule has 0 bridgehead atoms. The average Bonchev–Trinajstić information content (AvgIpc) is 3.66. The van der Waals surface area contributed by atoms with Gasteiger partial charge in [-0.2, -0.15) is 0 Å². The van der Waals surface area contributed by atoms with Crippen molar-refractivity contribution in [2.24, 2.45) is 0 Å². The highest BCUT2D eigenvalue weighted by Gasteiger charge is 2.33. The third kappa shape index (κ3) is 6.39. The summed E-state index contributed by atoms with van der Waals surface area (Å²) in [6.45, 7) is 2.10. The minimum Gasteiger partial charge on any atom is -0.459 e. The predicted molar refractivity (Wildman–Crippen MR) is 135 cm³/mol. The van der Waals surface area contributed by atoms with E-state index in [9.17, 15) is 14.4 Å². The highest BCUT2D eigenvalue weighted by molar-refractivity contribution is 7.09. The first-order valence-corrected chi connectivity index (χ1v) is 13.0. The van der Waals surface area contributed by atoms with Gasteiger partial charge in [-0.3, -0.25) is 14.4 Å². The van der Waals surface area contributed by atoms with E-state index in [1.165, 1.54) is 23.7 Å². The van der Waals surface area contributed by atoms with Crippen LogP contribution >= 0.6 is 11.3 Å². The molecular formula is C27H31N3O4S. The van der Waals surface area contributed by atoms with Crippen LogP contribution in [-0.2, 0) is 22.6 Å². The molecule has 1 atom stereocenters. The smallest absolute Gasteiger partial charge is 0.287 e. The fourth-order valence-electron chi connectivity index (χ4n) is 4.40. The Balaban J connectivity index is 1.61. The lowest BCUT2D eigenvalue weighted by Gasteiger charge is -2.32. The number of hydrogen-bond donors (Lipinski definition) is 2. The molecule has 35 heavy (non-hydrogen) atoms. The zero-order valence-electron chi connectivity index (χ0n) is 19.9. The molecular weight excluding hydrogens is 462 g/mol. The monoisotopic (exact) mass is 493 g/mol. The average molecular weight is 494 g/mol. The number of hydrogen-bond acceptors (Lipinski definition) is 5. The molecule has 1 saturated carbocycles. The van der Waals surface area contributed by atoms with Crippen LogP contribution < -0.4 is 10.6 Å². The molecule has 0 spiro atoms. The summed E-state index contributed by atoms with van der Waals surface area (Å²) in [5.41, 5.74) is 1.91. The summed E-state index contributed by atoms with van der Waals surface area (Å²) in [5, 5.41) is 7.75. The highest BCUT2D eigenvalue weighted by atomic mass is 32.1. The van der Waals surface area contributed by atoms with Crippen LogP contribution in [0.1, 0.15) is 65.2 Å². The normalized spacial score (nSPS) is 14.4. The molecule has 1 aliphatic carbocycles. The maximum absolute atomic E-state index is 13.6. The van der Waals surface area contributed by atoms with E-state index in [0.29, 0.717) is 0 Å². The molecule has 3 amide bonds. The van der Waals surface area contributed by atoms with Crippen LogP contribution in [-0.4, -0.2) is 35.2 Å². The molecule has 0 saturated heterocycles. The Labute approximate surface area is 209 Å². The molecule has 4 rings (SSSR count). The second-order valence-corrected chi connectivity index (χ2v) is 9.78. The first kappa shape index (κ1) is 24.7. The number of nitrogens with one attached hydrogen (secondary N) is 2. The number of carbonyl (C=O) groups excluding carboxylic acids is 3. The van der Waals surface area contributed by atoms with Crippen LogP contribution in [0.15, 0.2) is 64.6 Å². The number of benzene rings is 1. The van der Waals surface area contributed by atoms with E-state index < -0.39 is 11.9 Å². The standard InChI is InChI=1S/C27H31N3O4S/c1-2-19-11-13-20(14-12-19)25(27(33)29-21-7-3-4-8-21)30(18-22-9-6-16-35-22)24(31)17-28-26(32)23-10-5-15-34-23/h5-6,9-16,21,25H,2-4,7-8,17-18H2,1H3,(H,28,32)(H,29,33)/t25-/m0/s1. The van der Waals surface area contributed by atoms with Crippen molar-refractivity contribution in [1.29, 1.82) is 0 Å². The van der Waals surface area contributed by atoms with Crippen molar-refractivity contribution >= 4 is 29.1 Å². The maximum Gasteiger partial charge on any atom is 0.287 e. The number of furan rings is 1. The minimum atomic E-state index is -0.809. The van der Waals surface area contributed by atoms with Gasteiger partial charge in [0.25, 0.3) is 5.91 Å². The summed E-state index contributed by atoms with van der Waals surface area (Å²) in [7, 11) is 0. The molecule has 1 aliphatic rings. The van der Waals surface area contributed by atoms with Gasteiger partial charge in [-0.15, -0.1) is 11.3 Å². The van der Waals surface area contributed by atoms with Gasteiger partial charge < -0.3 is 20.0 Å². The molecule has 0 radical (unpaired) electrons. The number of nitrogens with zero attached hydrogens (tertiary/aromatic N) is 1.